The Kier molecular flexibility index (Phi) is 6.10. The molecule has 3 heterocycles. The molecule has 0 radical (unpaired) electrons. The summed E-state index contributed by atoms with van der Waals surface area (Å²) in [5.74, 6) is -2.11. The second-order valence-corrected chi connectivity index (χ2v) is 8.45. The van der Waals surface area contributed by atoms with Crippen molar-refractivity contribution in [1.82, 2.24) is 19.4 Å². The number of benzene rings is 2. The van der Waals surface area contributed by atoms with Crippen molar-refractivity contribution in [2.45, 2.75) is 6.54 Å². The Hall–Kier alpha value is -4.33. The molecule has 2 aromatic carbocycles. The van der Waals surface area contributed by atoms with Crippen LogP contribution in [0.2, 0.25) is 0 Å². The molecule has 2 aromatic heterocycles. The van der Waals surface area contributed by atoms with E-state index in [1.807, 2.05) is 12.1 Å². The average Bonchev–Trinajstić information content (AvgIpc) is 3.28. The van der Waals surface area contributed by atoms with Gasteiger partial charge in [-0.1, -0.05) is 30.3 Å². The van der Waals surface area contributed by atoms with Crippen molar-refractivity contribution < 1.29 is 18.8 Å². The van der Waals surface area contributed by atoms with E-state index in [0.29, 0.717) is 30.7 Å². The van der Waals surface area contributed by atoms with E-state index in [0.717, 1.165) is 5.56 Å². The molecule has 0 unspecified atom stereocenters. The standard InChI is InChI=1S/C27H23FN4O3/c28-22-9-4-10-23-24(22)21(18-32(23)17-19-6-5-11-29-16-19)25(33)27(35)31-14-12-30(13-15-31)26(34)20-7-2-1-3-8-20/h1-11,16,18H,12-15,17H2. The average molecular weight is 471 g/mol. The first kappa shape index (κ1) is 22.5. The summed E-state index contributed by atoms with van der Waals surface area (Å²) in [6.07, 6.45) is 4.90. The lowest BCUT2D eigenvalue weighted by Gasteiger charge is -2.34. The van der Waals surface area contributed by atoms with Crippen molar-refractivity contribution in [2.75, 3.05) is 26.2 Å². The van der Waals surface area contributed by atoms with Gasteiger partial charge in [-0.15, -0.1) is 0 Å². The van der Waals surface area contributed by atoms with Crippen LogP contribution in [0.3, 0.4) is 0 Å². The third-order valence-electron chi connectivity index (χ3n) is 6.24. The number of hydrogen-bond acceptors (Lipinski definition) is 4. The minimum atomic E-state index is -0.757. The number of Topliss-reactive ketones (excluding diaryl/α,β-unsaturated/α-hetero) is 1. The normalized spacial score (nSPS) is 13.7. The molecular weight excluding hydrogens is 447 g/mol. The van der Waals surface area contributed by atoms with E-state index in [1.165, 1.54) is 17.2 Å². The molecule has 0 spiro atoms. The van der Waals surface area contributed by atoms with Crippen LogP contribution in [0.5, 0.6) is 0 Å². The lowest BCUT2D eigenvalue weighted by molar-refractivity contribution is -0.127. The zero-order chi connectivity index (χ0) is 24.4. The van der Waals surface area contributed by atoms with Gasteiger partial charge in [0.25, 0.3) is 17.6 Å². The van der Waals surface area contributed by atoms with Crippen LogP contribution >= 0.6 is 0 Å². The highest BCUT2D eigenvalue weighted by atomic mass is 19.1. The zero-order valence-corrected chi connectivity index (χ0v) is 18.9. The number of hydrogen-bond donors (Lipinski definition) is 0. The van der Waals surface area contributed by atoms with Crippen molar-refractivity contribution in [3.05, 3.63) is 102 Å². The van der Waals surface area contributed by atoms with Crippen LogP contribution in [0.25, 0.3) is 10.9 Å². The number of fused-ring (bicyclic) bond motifs is 1. The first-order valence-corrected chi connectivity index (χ1v) is 11.4. The molecule has 1 aliphatic heterocycles. The van der Waals surface area contributed by atoms with Crippen molar-refractivity contribution in [3.8, 4) is 0 Å². The van der Waals surface area contributed by atoms with Crippen molar-refractivity contribution in [1.29, 1.82) is 0 Å². The Morgan fingerprint density at radius 1 is 0.857 bits per heavy atom. The van der Waals surface area contributed by atoms with E-state index >= 15 is 0 Å². The molecule has 5 rings (SSSR count). The number of pyridine rings is 1. The summed E-state index contributed by atoms with van der Waals surface area (Å²) in [6.45, 7) is 1.50. The van der Waals surface area contributed by atoms with Gasteiger partial charge in [0, 0.05) is 62.3 Å². The topological polar surface area (TPSA) is 75.5 Å². The number of piperazine rings is 1. The monoisotopic (exact) mass is 470 g/mol. The lowest BCUT2D eigenvalue weighted by Crippen LogP contribution is -2.52. The molecule has 176 valence electrons. The molecule has 0 saturated carbocycles. The number of nitrogens with zero attached hydrogens (tertiary/aromatic N) is 4. The maximum atomic E-state index is 14.8. The maximum Gasteiger partial charge on any atom is 0.295 e. The minimum Gasteiger partial charge on any atom is -0.342 e. The van der Waals surface area contributed by atoms with Crippen LogP contribution in [0.4, 0.5) is 4.39 Å². The Morgan fingerprint density at radius 2 is 1.60 bits per heavy atom. The molecule has 2 amide bonds. The van der Waals surface area contributed by atoms with Gasteiger partial charge in [-0.2, -0.15) is 0 Å². The van der Waals surface area contributed by atoms with Crippen molar-refractivity contribution >= 4 is 28.5 Å². The van der Waals surface area contributed by atoms with E-state index in [2.05, 4.69) is 4.98 Å². The van der Waals surface area contributed by atoms with Gasteiger partial charge in [-0.25, -0.2) is 4.39 Å². The predicted molar refractivity (Wildman–Crippen MR) is 128 cm³/mol. The van der Waals surface area contributed by atoms with Crippen LogP contribution in [0, 0.1) is 5.82 Å². The molecule has 1 aliphatic rings. The smallest absolute Gasteiger partial charge is 0.295 e. The number of amides is 2. The van der Waals surface area contributed by atoms with E-state index in [9.17, 15) is 18.8 Å². The van der Waals surface area contributed by atoms with E-state index in [-0.39, 0.29) is 29.9 Å². The highest BCUT2D eigenvalue weighted by Gasteiger charge is 2.31. The summed E-state index contributed by atoms with van der Waals surface area (Å²) < 4.78 is 16.6. The molecule has 1 saturated heterocycles. The lowest BCUT2D eigenvalue weighted by atomic mass is 10.1. The third-order valence-corrected chi connectivity index (χ3v) is 6.24. The van der Waals surface area contributed by atoms with Crippen molar-refractivity contribution in [3.63, 3.8) is 0 Å². The molecule has 7 nitrogen and oxygen atoms in total. The molecular formula is C27H23FN4O3. The van der Waals surface area contributed by atoms with E-state index in [4.69, 9.17) is 0 Å². The minimum absolute atomic E-state index is 0.0368. The van der Waals surface area contributed by atoms with Crippen molar-refractivity contribution in [2.24, 2.45) is 0 Å². The number of carbonyl (C=O) groups is 3. The van der Waals surface area contributed by atoms with E-state index < -0.39 is 17.5 Å². The Bertz CT molecular complexity index is 1390. The first-order valence-electron chi connectivity index (χ1n) is 11.4. The highest BCUT2D eigenvalue weighted by molar-refractivity contribution is 6.45. The molecule has 0 bridgehead atoms. The maximum absolute atomic E-state index is 14.8. The second-order valence-electron chi connectivity index (χ2n) is 8.45. The fourth-order valence-corrected chi connectivity index (χ4v) is 4.43. The van der Waals surface area contributed by atoms with Crippen LogP contribution in [0.15, 0.2) is 79.3 Å². The number of carbonyl (C=O) groups excluding carboxylic acids is 3. The quantitative estimate of drug-likeness (QED) is 0.331. The van der Waals surface area contributed by atoms with Crippen LogP contribution in [-0.2, 0) is 11.3 Å². The van der Waals surface area contributed by atoms with Crippen LogP contribution in [0.1, 0.15) is 26.3 Å². The fraction of sp³-hybridized carbons (Fsp3) is 0.185. The largest absolute Gasteiger partial charge is 0.342 e. The van der Waals surface area contributed by atoms with Gasteiger partial charge >= 0.3 is 0 Å². The van der Waals surface area contributed by atoms with Crippen LogP contribution < -0.4 is 0 Å². The molecule has 35 heavy (non-hydrogen) atoms. The van der Waals surface area contributed by atoms with Gasteiger partial charge < -0.3 is 14.4 Å². The fourth-order valence-electron chi connectivity index (χ4n) is 4.43. The predicted octanol–water partition coefficient (Wildman–Crippen LogP) is 3.39. The summed E-state index contributed by atoms with van der Waals surface area (Å²) in [4.78, 5) is 46.2. The Balaban J connectivity index is 1.35. The first-order chi connectivity index (χ1) is 17.0. The van der Waals surface area contributed by atoms with Gasteiger partial charge in [0.1, 0.15) is 5.82 Å². The van der Waals surface area contributed by atoms with E-state index in [1.54, 1.807) is 64.3 Å². The third kappa shape index (κ3) is 4.42. The number of ketones is 1. The molecule has 0 N–H and O–H groups in total. The number of rotatable bonds is 5. The number of halogens is 1. The molecule has 1 fully saturated rings. The zero-order valence-electron chi connectivity index (χ0n) is 18.9. The molecule has 0 aliphatic carbocycles. The summed E-state index contributed by atoms with van der Waals surface area (Å²) in [6, 6.07) is 17.2. The number of aromatic nitrogens is 2. The summed E-state index contributed by atoms with van der Waals surface area (Å²) in [5.41, 5.74) is 2.04. The van der Waals surface area contributed by atoms with Gasteiger partial charge in [-0.3, -0.25) is 19.4 Å². The van der Waals surface area contributed by atoms with Gasteiger partial charge in [0.05, 0.1) is 11.1 Å². The second kappa shape index (κ2) is 9.50. The molecule has 4 aromatic rings. The van der Waals surface area contributed by atoms with Gasteiger partial charge in [-0.05, 0) is 35.9 Å². The summed E-state index contributed by atoms with van der Waals surface area (Å²) >= 11 is 0. The molecule has 8 heteroatoms. The highest BCUT2D eigenvalue weighted by Crippen LogP contribution is 2.26. The van der Waals surface area contributed by atoms with Gasteiger partial charge in [0.15, 0.2) is 0 Å². The SMILES string of the molecule is O=C(C(=O)N1CCN(C(=O)c2ccccc2)CC1)c1cn(Cc2cccnc2)c2cccc(F)c12. The van der Waals surface area contributed by atoms with Crippen LogP contribution in [-0.4, -0.2) is 63.1 Å². The molecule has 0 atom stereocenters. The summed E-state index contributed by atoms with van der Waals surface area (Å²) in [5, 5.41) is 0.132. The van der Waals surface area contributed by atoms with Gasteiger partial charge in [0.2, 0.25) is 0 Å². The summed E-state index contributed by atoms with van der Waals surface area (Å²) in [7, 11) is 0. The Morgan fingerprint density at radius 3 is 2.31 bits per heavy atom. The Labute approximate surface area is 201 Å².